The Hall–Kier alpha value is -3.41. The molecule has 4 heterocycles. The van der Waals surface area contributed by atoms with Gasteiger partial charge in [0, 0.05) is 39.8 Å². The standard InChI is InChI=1S/C22H20ClN7O/c1-28-17-5-6-18(23)27-20(17)21(15(11-24)22(28)31)30-9-7-29(8-10-30)12-14-3-2-4-16-19(14)26-13-25-16/h2-6,13H,7-10,12H2,1H3,(H,25,26). The summed E-state index contributed by atoms with van der Waals surface area (Å²) in [5.74, 6) is 0. The molecule has 0 saturated carbocycles. The SMILES string of the molecule is Cn1c(=O)c(C#N)c(N2CCN(Cc3cccc4nc[nH]c34)CC2)c2nc(Cl)ccc21. The molecule has 5 rings (SSSR count). The Morgan fingerprint density at radius 1 is 1.19 bits per heavy atom. The molecule has 1 saturated heterocycles. The molecule has 8 nitrogen and oxygen atoms in total. The molecule has 0 unspecified atom stereocenters. The normalized spacial score (nSPS) is 14.9. The van der Waals surface area contributed by atoms with Gasteiger partial charge in [0.15, 0.2) is 0 Å². The molecule has 31 heavy (non-hydrogen) atoms. The van der Waals surface area contributed by atoms with Gasteiger partial charge in [-0.25, -0.2) is 9.97 Å². The molecule has 1 aromatic carbocycles. The van der Waals surface area contributed by atoms with E-state index in [4.69, 9.17) is 11.6 Å². The molecule has 1 N–H and O–H groups in total. The number of aryl methyl sites for hydroxylation is 1. The largest absolute Gasteiger partial charge is 0.366 e. The van der Waals surface area contributed by atoms with Gasteiger partial charge >= 0.3 is 0 Å². The van der Waals surface area contributed by atoms with Crippen molar-refractivity contribution in [3.05, 3.63) is 63.3 Å². The quantitative estimate of drug-likeness (QED) is 0.499. The molecular weight excluding hydrogens is 414 g/mol. The lowest BCUT2D eigenvalue weighted by Gasteiger charge is -2.36. The van der Waals surface area contributed by atoms with E-state index >= 15 is 0 Å². The molecule has 0 radical (unpaired) electrons. The molecular formula is C22H20ClN7O. The summed E-state index contributed by atoms with van der Waals surface area (Å²) in [7, 11) is 1.65. The molecule has 0 aliphatic carbocycles. The van der Waals surface area contributed by atoms with Gasteiger partial charge in [-0.3, -0.25) is 9.69 Å². The van der Waals surface area contributed by atoms with Crippen LogP contribution in [0, 0.1) is 11.3 Å². The number of para-hydroxylation sites is 1. The van der Waals surface area contributed by atoms with Gasteiger partial charge in [0.1, 0.15) is 22.3 Å². The number of imidazole rings is 1. The molecule has 0 atom stereocenters. The molecule has 156 valence electrons. The summed E-state index contributed by atoms with van der Waals surface area (Å²) < 4.78 is 1.46. The van der Waals surface area contributed by atoms with Gasteiger partial charge in [0.05, 0.1) is 28.6 Å². The van der Waals surface area contributed by atoms with Gasteiger partial charge in [-0.2, -0.15) is 5.26 Å². The maximum absolute atomic E-state index is 12.8. The van der Waals surface area contributed by atoms with Crippen LogP contribution in [-0.4, -0.2) is 50.6 Å². The maximum Gasteiger partial charge on any atom is 0.270 e. The average Bonchev–Trinajstić information content (AvgIpc) is 3.27. The zero-order chi connectivity index (χ0) is 21.5. The average molecular weight is 434 g/mol. The number of hydrogen-bond donors (Lipinski definition) is 1. The Morgan fingerprint density at radius 2 is 2.00 bits per heavy atom. The van der Waals surface area contributed by atoms with E-state index in [2.05, 4.69) is 36.9 Å². The van der Waals surface area contributed by atoms with Crippen LogP contribution in [-0.2, 0) is 13.6 Å². The van der Waals surface area contributed by atoms with E-state index in [9.17, 15) is 10.1 Å². The minimum Gasteiger partial charge on any atom is -0.366 e. The Labute approximate surface area is 183 Å². The van der Waals surface area contributed by atoms with Crippen LogP contribution in [0.15, 0.2) is 41.5 Å². The molecule has 4 aromatic rings. The third-order valence-corrected chi connectivity index (χ3v) is 6.13. The fourth-order valence-corrected chi connectivity index (χ4v) is 4.46. The topological polar surface area (TPSA) is 93.8 Å². The summed E-state index contributed by atoms with van der Waals surface area (Å²) in [6.45, 7) is 3.77. The molecule has 0 bridgehead atoms. The van der Waals surface area contributed by atoms with Gasteiger partial charge in [0.25, 0.3) is 5.56 Å². The highest BCUT2D eigenvalue weighted by Crippen LogP contribution is 2.29. The number of halogens is 1. The predicted octanol–water partition coefficient (Wildman–Crippen LogP) is 2.66. The highest BCUT2D eigenvalue weighted by Gasteiger charge is 2.25. The highest BCUT2D eigenvalue weighted by molar-refractivity contribution is 6.29. The van der Waals surface area contributed by atoms with Crippen molar-refractivity contribution in [2.75, 3.05) is 31.1 Å². The zero-order valence-electron chi connectivity index (χ0n) is 17.0. The molecule has 3 aromatic heterocycles. The minimum atomic E-state index is -0.317. The summed E-state index contributed by atoms with van der Waals surface area (Å²) in [6.07, 6.45) is 1.72. The Balaban J connectivity index is 1.45. The van der Waals surface area contributed by atoms with E-state index in [0.717, 1.165) is 30.7 Å². The monoisotopic (exact) mass is 433 g/mol. The first kappa shape index (κ1) is 19.5. The number of fused-ring (bicyclic) bond motifs is 2. The first-order chi connectivity index (χ1) is 15.1. The number of benzene rings is 1. The van der Waals surface area contributed by atoms with Crippen molar-refractivity contribution < 1.29 is 0 Å². The maximum atomic E-state index is 12.8. The van der Waals surface area contributed by atoms with E-state index in [1.807, 2.05) is 12.1 Å². The summed E-state index contributed by atoms with van der Waals surface area (Å²) in [5.41, 5.74) is 4.85. The third kappa shape index (κ3) is 3.32. The van der Waals surface area contributed by atoms with E-state index in [0.29, 0.717) is 35.0 Å². The number of pyridine rings is 2. The minimum absolute atomic E-state index is 0.112. The lowest BCUT2D eigenvalue weighted by molar-refractivity contribution is 0.250. The Morgan fingerprint density at radius 3 is 2.77 bits per heavy atom. The molecule has 1 fully saturated rings. The second-order valence-corrected chi connectivity index (χ2v) is 8.07. The highest BCUT2D eigenvalue weighted by atomic mass is 35.5. The van der Waals surface area contributed by atoms with Crippen LogP contribution in [0.25, 0.3) is 22.1 Å². The number of rotatable bonds is 3. The number of nitrogens with zero attached hydrogens (tertiary/aromatic N) is 6. The van der Waals surface area contributed by atoms with Gasteiger partial charge in [-0.1, -0.05) is 23.7 Å². The number of piperazine rings is 1. The number of nitriles is 1. The van der Waals surface area contributed by atoms with E-state index in [-0.39, 0.29) is 11.1 Å². The number of anilines is 1. The number of H-pyrrole nitrogens is 1. The van der Waals surface area contributed by atoms with Crippen LogP contribution < -0.4 is 10.5 Å². The van der Waals surface area contributed by atoms with Crippen LogP contribution in [0.4, 0.5) is 5.69 Å². The fraction of sp³-hybridized carbons (Fsp3) is 0.273. The second kappa shape index (κ2) is 7.69. The number of hydrogen-bond acceptors (Lipinski definition) is 6. The predicted molar refractivity (Wildman–Crippen MR) is 120 cm³/mol. The van der Waals surface area contributed by atoms with Crippen molar-refractivity contribution in [2.24, 2.45) is 7.05 Å². The van der Waals surface area contributed by atoms with Crippen LogP contribution in [0.2, 0.25) is 5.15 Å². The van der Waals surface area contributed by atoms with Gasteiger partial charge < -0.3 is 14.5 Å². The van der Waals surface area contributed by atoms with Crippen molar-refractivity contribution in [3.63, 3.8) is 0 Å². The number of aromatic amines is 1. The molecule has 0 spiro atoms. The van der Waals surface area contributed by atoms with Gasteiger partial charge in [0.2, 0.25) is 0 Å². The molecule has 9 heteroatoms. The van der Waals surface area contributed by atoms with E-state index < -0.39 is 0 Å². The van der Waals surface area contributed by atoms with E-state index in [1.165, 1.54) is 10.1 Å². The Bertz CT molecular complexity index is 1390. The third-order valence-electron chi connectivity index (χ3n) is 5.92. The van der Waals surface area contributed by atoms with Crippen molar-refractivity contribution in [3.8, 4) is 6.07 Å². The van der Waals surface area contributed by atoms with Crippen LogP contribution >= 0.6 is 11.6 Å². The zero-order valence-corrected chi connectivity index (χ0v) is 17.7. The summed E-state index contributed by atoms with van der Waals surface area (Å²) in [6, 6.07) is 11.7. The molecule has 1 aliphatic rings. The van der Waals surface area contributed by atoms with Crippen molar-refractivity contribution in [1.29, 1.82) is 5.26 Å². The first-order valence-electron chi connectivity index (χ1n) is 10.0. The van der Waals surface area contributed by atoms with Crippen LogP contribution in [0.5, 0.6) is 0 Å². The number of nitrogens with one attached hydrogen (secondary N) is 1. The van der Waals surface area contributed by atoms with Gasteiger partial charge in [-0.05, 0) is 23.8 Å². The van der Waals surface area contributed by atoms with Crippen LogP contribution in [0.3, 0.4) is 0 Å². The second-order valence-electron chi connectivity index (χ2n) is 7.68. The molecule has 1 aliphatic heterocycles. The fourth-order valence-electron chi connectivity index (χ4n) is 4.31. The number of aromatic nitrogens is 4. The van der Waals surface area contributed by atoms with Crippen molar-refractivity contribution in [1.82, 2.24) is 24.4 Å². The van der Waals surface area contributed by atoms with Crippen molar-refractivity contribution in [2.45, 2.75) is 6.54 Å². The lowest BCUT2D eigenvalue weighted by atomic mass is 10.1. The first-order valence-corrected chi connectivity index (χ1v) is 10.4. The van der Waals surface area contributed by atoms with Crippen molar-refractivity contribution >= 4 is 39.4 Å². The smallest absolute Gasteiger partial charge is 0.270 e. The van der Waals surface area contributed by atoms with Crippen LogP contribution in [0.1, 0.15) is 11.1 Å². The lowest BCUT2D eigenvalue weighted by Crippen LogP contribution is -2.47. The molecule has 0 amide bonds. The van der Waals surface area contributed by atoms with E-state index in [1.54, 1.807) is 25.5 Å². The summed E-state index contributed by atoms with van der Waals surface area (Å²) in [5, 5.41) is 10.1. The Kier molecular flexibility index (Phi) is 4.85. The summed E-state index contributed by atoms with van der Waals surface area (Å²) in [4.78, 5) is 29.3. The summed E-state index contributed by atoms with van der Waals surface area (Å²) >= 11 is 6.15. The van der Waals surface area contributed by atoms with Gasteiger partial charge in [-0.15, -0.1) is 0 Å².